The first-order valence-electron chi connectivity index (χ1n) is 7.71. The molecule has 3 nitrogen and oxygen atoms in total. The zero-order valence-electron chi connectivity index (χ0n) is 11.9. The fourth-order valence-electron chi connectivity index (χ4n) is 2.09. The van der Waals surface area contributed by atoms with Crippen LogP contribution in [-0.4, -0.2) is 25.2 Å². The molecule has 18 heavy (non-hydrogen) atoms. The third-order valence-electron chi connectivity index (χ3n) is 3.43. The van der Waals surface area contributed by atoms with Crippen LogP contribution in [0.3, 0.4) is 0 Å². The van der Waals surface area contributed by atoms with Gasteiger partial charge in [0.05, 0.1) is 12.7 Å². The standard InChI is InChI=1S/C15H29NO2/c1-2-3-12-16-15(17)11-9-7-5-4-6-8-10-14-13-18-14/h14H,2-13H2,1H3,(H,16,17). The molecule has 1 saturated heterocycles. The Hall–Kier alpha value is -0.570. The summed E-state index contributed by atoms with van der Waals surface area (Å²) in [6.45, 7) is 3.98. The number of ether oxygens (including phenoxy) is 1. The minimum atomic E-state index is 0.231. The molecule has 0 spiro atoms. The predicted molar refractivity (Wildman–Crippen MR) is 74.6 cm³/mol. The average molecular weight is 255 g/mol. The van der Waals surface area contributed by atoms with E-state index < -0.39 is 0 Å². The second kappa shape index (κ2) is 10.4. The second-order valence-corrected chi connectivity index (χ2v) is 5.32. The Morgan fingerprint density at radius 3 is 2.44 bits per heavy atom. The number of hydrogen-bond acceptors (Lipinski definition) is 2. The normalized spacial score (nSPS) is 17.7. The van der Waals surface area contributed by atoms with E-state index in [-0.39, 0.29) is 5.91 Å². The third-order valence-corrected chi connectivity index (χ3v) is 3.43. The predicted octanol–water partition coefficient (Wildman–Crippen LogP) is 3.42. The van der Waals surface area contributed by atoms with Crippen molar-refractivity contribution < 1.29 is 9.53 Å². The Labute approximate surface area is 112 Å². The van der Waals surface area contributed by atoms with Crippen molar-refractivity contribution >= 4 is 5.91 Å². The number of hydrogen-bond donors (Lipinski definition) is 1. The molecule has 1 fully saturated rings. The summed E-state index contributed by atoms with van der Waals surface area (Å²) < 4.78 is 5.18. The fourth-order valence-corrected chi connectivity index (χ4v) is 2.09. The van der Waals surface area contributed by atoms with Gasteiger partial charge < -0.3 is 10.1 Å². The molecule has 106 valence electrons. The lowest BCUT2D eigenvalue weighted by Gasteiger charge is -2.04. The van der Waals surface area contributed by atoms with E-state index in [1.807, 2.05) is 0 Å². The van der Waals surface area contributed by atoms with E-state index in [4.69, 9.17) is 4.74 Å². The van der Waals surface area contributed by atoms with E-state index in [0.29, 0.717) is 12.5 Å². The van der Waals surface area contributed by atoms with E-state index in [9.17, 15) is 4.79 Å². The van der Waals surface area contributed by atoms with E-state index in [1.165, 1.54) is 38.5 Å². The van der Waals surface area contributed by atoms with Crippen LogP contribution in [0.2, 0.25) is 0 Å². The van der Waals surface area contributed by atoms with Crippen LogP contribution in [0.15, 0.2) is 0 Å². The van der Waals surface area contributed by atoms with Gasteiger partial charge in [-0.2, -0.15) is 0 Å². The van der Waals surface area contributed by atoms with Crippen molar-refractivity contribution in [3.63, 3.8) is 0 Å². The third kappa shape index (κ3) is 9.46. The van der Waals surface area contributed by atoms with Gasteiger partial charge in [-0.3, -0.25) is 4.79 Å². The molecule has 3 heteroatoms. The molecule has 1 amide bonds. The molecular weight excluding hydrogens is 226 g/mol. The van der Waals surface area contributed by atoms with Crippen molar-refractivity contribution in [3.05, 3.63) is 0 Å². The Bertz CT molecular complexity index is 215. The molecule has 1 heterocycles. The van der Waals surface area contributed by atoms with Crippen molar-refractivity contribution in [1.82, 2.24) is 5.32 Å². The molecular formula is C15H29NO2. The molecule has 0 aromatic heterocycles. The number of nitrogens with one attached hydrogen (secondary N) is 1. The number of amides is 1. The maximum Gasteiger partial charge on any atom is 0.219 e. The van der Waals surface area contributed by atoms with Crippen LogP contribution >= 0.6 is 0 Å². The first-order chi connectivity index (χ1) is 8.83. The van der Waals surface area contributed by atoms with Gasteiger partial charge in [0.1, 0.15) is 0 Å². The second-order valence-electron chi connectivity index (χ2n) is 5.32. The fraction of sp³-hybridized carbons (Fsp3) is 0.933. The number of rotatable bonds is 12. The van der Waals surface area contributed by atoms with Crippen molar-refractivity contribution in [2.45, 2.75) is 77.2 Å². The lowest BCUT2D eigenvalue weighted by molar-refractivity contribution is -0.121. The van der Waals surface area contributed by atoms with Crippen LogP contribution in [0.4, 0.5) is 0 Å². The Balaban J connectivity index is 1.72. The van der Waals surface area contributed by atoms with E-state index in [2.05, 4.69) is 12.2 Å². The molecule has 0 aromatic rings. The summed E-state index contributed by atoms with van der Waals surface area (Å²) in [6, 6.07) is 0. The van der Waals surface area contributed by atoms with Crippen molar-refractivity contribution in [3.8, 4) is 0 Å². The molecule has 1 rings (SSSR count). The molecule has 0 aliphatic carbocycles. The highest BCUT2D eigenvalue weighted by Gasteiger charge is 2.20. The van der Waals surface area contributed by atoms with Gasteiger partial charge in [0.15, 0.2) is 0 Å². The summed E-state index contributed by atoms with van der Waals surface area (Å²) >= 11 is 0. The van der Waals surface area contributed by atoms with E-state index in [0.717, 1.165) is 32.4 Å². The molecule has 0 bridgehead atoms. The summed E-state index contributed by atoms with van der Waals surface area (Å²) in [5, 5.41) is 2.96. The molecule has 1 unspecified atom stereocenters. The topological polar surface area (TPSA) is 41.6 Å². The smallest absolute Gasteiger partial charge is 0.219 e. The van der Waals surface area contributed by atoms with Gasteiger partial charge >= 0.3 is 0 Å². The minimum absolute atomic E-state index is 0.231. The van der Waals surface area contributed by atoms with Gasteiger partial charge in [0.2, 0.25) is 5.91 Å². The average Bonchev–Trinajstić information content (AvgIpc) is 3.17. The van der Waals surface area contributed by atoms with Crippen LogP contribution in [0.1, 0.15) is 71.1 Å². The zero-order valence-corrected chi connectivity index (χ0v) is 11.9. The van der Waals surface area contributed by atoms with Crippen molar-refractivity contribution in [2.24, 2.45) is 0 Å². The first-order valence-corrected chi connectivity index (χ1v) is 7.71. The zero-order chi connectivity index (χ0) is 13.1. The molecule has 1 aliphatic rings. The number of epoxide rings is 1. The molecule has 1 N–H and O–H groups in total. The van der Waals surface area contributed by atoms with Gasteiger partial charge in [0.25, 0.3) is 0 Å². The maximum absolute atomic E-state index is 11.4. The number of carbonyl (C=O) groups excluding carboxylic acids is 1. The summed E-state index contributed by atoms with van der Waals surface area (Å²) in [7, 11) is 0. The molecule has 0 radical (unpaired) electrons. The SMILES string of the molecule is CCCCNC(=O)CCCCCCCCC1CO1. The lowest BCUT2D eigenvalue weighted by atomic mass is 10.1. The molecule has 1 aliphatic heterocycles. The first kappa shape index (κ1) is 15.5. The van der Waals surface area contributed by atoms with Gasteiger partial charge in [-0.1, -0.05) is 45.4 Å². The van der Waals surface area contributed by atoms with Gasteiger partial charge in [-0.15, -0.1) is 0 Å². The van der Waals surface area contributed by atoms with Crippen molar-refractivity contribution in [2.75, 3.05) is 13.2 Å². The summed E-state index contributed by atoms with van der Waals surface area (Å²) in [5.41, 5.74) is 0. The van der Waals surface area contributed by atoms with Crippen molar-refractivity contribution in [1.29, 1.82) is 0 Å². The minimum Gasteiger partial charge on any atom is -0.373 e. The highest BCUT2D eigenvalue weighted by atomic mass is 16.6. The lowest BCUT2D eigenvalue weighted by Crippen LogP contribution is -2.23. The molecule has 0 aromatic carbocycles. The molecule has 1 atom stereocenters. The summed E-state index contributed by atoms with van der Waals surface area (Å²) in [6.07, 6.45) is 12.2. The van der Waals surface area contributed by atoms with E-state index in [1.54, 1.807) is 0 Å². The van der Waals surface area contributed by atoms with Crippen LogP contribution in [0, 0.1) is 0 Å². The van der Waals surface area contributed by atoms with Crippen LogP contribution in [0.5, 0.6) is 0 Å². The number of unbranched alkanes of at least 4 members (excludes halogenated alkanes) is 6. The largest absolute Gasteiger partial charge is 0.373 e. The van der Waals surface area contributed by atoms with E-state index >= 15 is 0 Å². The highest BCUT2D eigenvalue weighted by Crippen LogP contribution is 2.18. The highest BCUT2D eigenvalue weighted by molar-refractivity contribution is 5.75. The quantitative estimate of drug-likeness (QED) is 0.429. The number of carbonyl (C=O) groups is 1. The van der Waals surface area contributed by atoms with Crippen LogP contribution in [-0.2, 0) is 9.53 Å². The Kier molecular flexibility index (Phi) is 8.92. The Morgan fingerprint density at radius 2 is 1.78 bits per heavy atom. The maximum atomic E-state index is 11.4. The summed E-state index contributed by atoms with van der Waals surface area (Å²) in [5.74, 6) is 0.231. The van der Waals surface area contributed by atoms with Gasteiger partial charge in [0, 0.05) is 13.0 Å². The Morgan fingerprint density at radius 1 is 1.11 bits per heavy atom. The van der Waals surface area contributed by atoms with Gasteiger partial charge in [-0.25, -0.2) is 0 Å². The summed E-state index contributed by atoms with van der Waals surface area (Å²) in [4.78, 5) is 11.4. The van der Waals surface area contributed by atoms with Crippen LogP contribution in [0.25, 0.3) is 0 Å². The molecule has 0 saturated carbocycles. The van der Waals surface area contributed by atoms with Crippen LogP contribution < -0.4 is 5.32 Å². The van der Waals surface area contributed by atoms with Gasteiger partial charge in [-0.05, 0) is 19.3 Å². The monoisotopic (exact) mass is 255 g/mol.